The van der Waals surface area contributed by atoms with Crippen molar-refractivity contribution in [3.05, 3.63) is 58.4 Å². The van der Waals surface area contributed by atoms with Gasteiger partial charge in [0.05, 0.1) is 12.8 Å². The van der Waals surface area contributed by atoms with Gasteiger partial charge in [-0.1, -0.05) is 30.5 Å². The minimum atomic E-state index is -0.809. The summed E-state index contributed by atoms with van der Waals surface area (Å²) < 4.78 is 10.5. The number of carbonyl (C=O) groups excluding carboxylic acids is 3. The van der Waals surface area contributed by atoms with Crippen molar-refractivity contribution >= 4 is 34.9 Å². The van der Waals surface area contributed by atoms with Crippen LogP contribution in [0.1, 0.15) is 67.4 Å². The van der Waals surface area contributed by atoms with Crippen LogP contribution in [0, 0.1) is 6.92 Å². The SMILES string of the molecule is Cc1cc(NC(=O)CCC(=O)N(Cc2ccco2)[C@H](C(=O)NC2CCCCC2)c2cccs2)no1. The molecule has 0 aliphatic heterocycles. The number of nitrogens with zero attached hydrogens (tertiary/aromatic N) is 2. The summed E-state index contributed by atoms with van der Waals surface area (Å²) in [7, 11) is 0. The van der Waals surface area contributed by atoms with Crippen molar-refractivity contribution in [2.75, 3.05) is 5.32 Å². The van der Waals surface area contributed by atoms with E-state index < -0.39 is 6.04 Å². The molecular weight excluding hydrogens is 468 g/mol. The number of aryl methyl sites for hydroxylation is 1. The van der Waals surface area contributed by atoms with Crippen LogP contribution < -0.4 is 10.6 Å². The predicted molar refractivity (Wildman–Crippen MR) is 130 cm³/mol. The van der Waals surface area contributed by atoms with Crippen molar-refractivity contribution < 1.29 is 23.3 Å². The number of hydrogen-bond donors (Lipinski definition) is 2. The molecule has 2 N–H and O–H groups in total. The van der Waals surface area contributed by atoms with Gasteiger partial charge in [0.25, 0.3) is 0 Å². The second kappa shape index (κ2) is 11.8. The number of thiophene rings is 1. The summed E-state index contributed by atoms with van der Waals surface area (Å²) in [5.41, 5.74) is 0. The molecular formula is C25H30N4O5S. The van der Waals surface area contributed by atoms with Gasteiger partial charge in [-0.15, -0.1) is 11.3 Å². The highest BCUT2D eigenvalue weighted by atomic mass is 32.1. The molecule has 0 spiro atoms. The van der Waals surface area contributed by atoms with E-state index in [2.05, 4.69) is 15.8 Å². The van der Waals surface area contributed by atoms with Crippen LogP contribution in [-0.4, -0.2) is 33.8 Å². The number of nitrogens with one attached hydrogen (secondary N) is 2. The van der Waals surface area contributed by atoms with Crippen molar-refractivity contribution in [3.63, 3.8) is 0 Å². The molecule has 3 aromatic heterocycles. The first-order chi connectivity index (χ1) is 17.0. The third-order valence-electron chi connectivity index (χ3n) is 6.01. The first-order valence-electron chi connectivity index (χ1n) is 11.9. The molecule has 1 fully saturated rings. The maximum absolute atomic E-state index is 13.5. The van der Waals surface area contributed by atoms with Crippen LogP contribution in [0.15, 0.2) is 50.9 Å². The van der Waals surface area contributed by atoms with Crippen LogP contribution in [0.4, 0.5) is 5.82 Å². The number of carbonyl (C=O) groups is 3. The van der Waals surface area contributed by atoms with Gasteiger partial charge in [0.15, 0.2) is 5.82 Å². The zero-order valence-electron chi connectivity index (χ0n) is 19.7. The lowest BCUT2D eigenvalue weighted by molar-refractivity contribution is -0.142. The lowest BCUT2D eigenvalue weighted by Crippen LogP contribution is -2.46. The fourth-order valence-electron chi connectivity index (χ4n) is 4.29. The van der Waals surface area contributed by atoms with Gasteiger partial charge >= 0.3 is 0 Å². The average Bonchev–Trinajstić information content (AvgIpc) is 3.62. The Kier molecular flexibility index (Phi) is 8.36. The molecule has 0 radical (unpaired) electrons. The fraction of sp³-hybridized carbons (Fsp3) is 0.440. The standard InChI is InChI=1S/C25H30N4O5S/c1-17-15-21(28-34-17)27-22(30)11-12-23(31)29(16-19-9-5-13-33-19)24(20-10-6-14-35-20)25(32)26-18-7-3-2-4-8-18/h5-6,9-10,13-15,18,24H,2-4,7-8,11-12,16H2,1H3,(H,26,32)(H,27,28,30)/t24-/m0/s1. The zero-order valence-corrected chi connectivity index (χ0v) is 20.5. The average molecular weight is 499 g/mol. The third-order valence-corrected chi connectivity index (χ3v) is 6.94. The fourth-order valence-corrected chi connectivity index (χ4v) is 5.12. The normalized spacial score (nSPS) is 14.9. The van der Waals surface area contributed by atoms with Crippen molar-refractivity contribution in [3.8, 4) is 0 Å². The minimum Gasteiger partial charge on any atom is -0.467 e. The van der Waals surface area contributed by atoms with Gasteiger partial charge in [0.1, 0.15) is 17.6 Å². The molecule has 9 nitrogen and oxygen atoms in total. The topological polar surface area (TPSA) is 118 Å². The molecule has 3 heterocycles. The molecule has 0 saturated heterocycles. The van der Waals surface area contributed by atoms with Gasteiger partial charge in [-0.2, -0.15) is 0 Å². The number of hydrogen-bond acceptors (Lipinski definition) is 7. The molecule has 3 amide bonds. The van der Waals surface area contributed by atoms with Gasteiger partial charge < -0.3 is 24.5 Å². The third kappa shape index (κ3) is 6.82. The summed E-state index contributed by atoms with van der Waals surface area (Å²) in [6.07, 6.45) is 6.65. The van der Waals surface area contributed by atoms with Gasteiger partial charge in [-0.3, -0.25) is 14.4 Å². The molecule has 1 aliphatic rings. The van der Waals surface area contributed by atoms with Crippen molar-refractivity contribution in [2.45, 2.75) is 70.5 Å². The molecule has 0 aromatic carbocycles. The molecule has 1 aliphatic carbocycles. The van der Waals surface area contributed by atoms with Crippen LogP contribution >= 0.6 is 11.3 Å². The predicted octanol–water partition coefficient (Wildman–Crippen LogP) is 4.58. The molecule has 10 heteroatoms. The van der Waals surface area contributed by atoms with E-state index in [0.717, 1.165) is 30.6 Å². The Morgan fingerprint density at radius 1 is 1.17 bits per heavy atom. The monoisotopic (exact) mass is 498 g/mol. The molecule has 186 valence electrons. The van der Waals surface area contributed by atoms with Gasteiger partial charge in [0, 0.05) is 29.8 Å². The Labute approximate surface area is 207 Å². The van der Waals surface area contributed by atoms with Gasteiger partial charge in [-0.05, 0) is 43.3 Å². The number of amides is 3. The van der Waals surface area contributed by atoms with Crippen molar-refractivity contribution in [2.24, 2.45) is 0 Å². The lowest BCUT2D eigenvalue weighted by Gasteiger charge is -2.32. The number of furan rings is 1. The molecule has 0 bridgehead atoms. The summed E-state index contributed by atoms with van der Waals surface area (Å²) >= 11 is 1.42. The van der Waals surface area contributed by atoms with E-state index in [9.17, 15) is 14.4 Å². The Hall–Kier alpha value is -3.40. The molecule has 4 rings (SSSR count). The van der Waals surface area contributed by atoms with Crippen LogP contribution in [0.25, 0.3) is 0 Å². The van der Waals surface area contributed by atoms with Crippen LogP contribution in [0.5, 0.6) is 0 Å². The molecule has 1 saturated carbocycles. The van der Waals surface area contributed by atoms with E-state index >= 15 is 0 Å². The first kappa shape index (κ1) is 24.7. The van der Waals surface area contributed by atoms with E-state index in [0.29, 0.717) is 17.3 Å². The summed E-state index contributed by atoms with van der Waals surface area (Å²) in [4.78, 5) is 41.7. The summed E-state index contributed by atoms with van der Waals surface area (Å²) in [5, 5.41) is 11.4. The molecule has 35 heavy (non-hydrogen) atoms. The molecule has 0 unspecified atom stereocenters. The van der Waals surface area contributed by atoms with Crippen LogP contribution in [0.3, 0.4) is 0 Å². The largest absolute Gasteiger partial charge is 0.467 e. The second-order valence-corrected chi connectivity index (χ2v) is 9.71. The van der Waals surface area contributed by atoms with Gasteiger partial charge in [0.2, 0.25) is 17.7 Å². The first-order valence-corrected chi connectivity index (χ1v) is 12.8. The Morgan fingerprint density at radius 2 is 2.00 bits per heavy atom. The molecule has 3 aromatic rings. The quantitative estimate of drug-likeness (QED) is 0.423. The van der Waals surface area contributed by atoms with Crippen molar-refractivity contribution in [1.82, 2.24) is 15.4 Å². The van der Waals surface area contributed by atoms with Crippen molar-refractivity contribution in [1.29, 1.82) is 0 Å². The van der Waals surface area contributed by atoms with E-state index in [1.54, 1.807) is 25.1 Å². The lowest BCUT2D eigenvalue weighted by atomic mass is 9.95. The highest BCUT2D eigenvalue weighted by Gasteiger charge is 2.34. The van der Waals surface area contributed by atoms with Gasteiger partial charge in [-0.25, -0.2) is 0 Å². The number of rotatable bonds is 10. The smallest absolute Gasteiger partial charge is 0.248 e. The van der Waals surface area contributed by atoms with E-state index in [1.807, 2.05) is 17.5 Å². The summed E-state index contributed by atoms with van der Waals surface area (Å²) in [6.45, 7) is 1.85. The second-order valence-electron chi connectivity index (χ2n) is 8.73. The summed E-state index contributed by atoms with van der Waals surface area (Å²) in [5.74, 6) is 0.558. The summed E-state index contributed by atoms with van der Waals surface area (Å²) in [6, 6.07) is 8.14. The Balaban J connectivity index is 1.50. The van der Waals surface area contributed by atoms with E-state index in [4.69, 9.17) is 8.94 Å². The maximum Gasteiger partial charge on any atom is 0.248 e. The maximum atomic E-state index is 13.5. The zero-order chi connectivity index (χ0) is 24.6. The Bertz CT molecular complexity index is 1100. The number of anilines is 1. The number of aromatic nitrogens is 1. The van der Waals surface area contributed by atoms with E-state index in [1.165, 1.54) is 28.9 Å². The highest BCUT2D eigenvalue weighted by Crippen LogP contribution is 2.29. The minimum absolute atomic E-state index is 0.0548. The Morgan fingerprint density at radius 3 is 2.66 bits per heavy atom. The van der Waals surface area contributed by atoms with E-state index in [-0.39, 0.29) is 43.1 Å². The highest BCUT2D eigenvalue weighted by molar-refractivity contribution is 7.10. The van der Waals surface area contributed by atoms with Crippen LogP contribution in [0.2, 0.25) is 0 Å². The van der Waals surface area contributed by atoms with Crippen LogP contribution in [-0.2, 0) is 20.9 Å². The molecule has 1 atom stereocenters.